The predicted molar refractivity (Wildman–Crippen MR) is 60.6 cm³/mol. The number of carbonyl (C=O) groups excluding carboxylic acids is 1. The first-order valence-corrected chi connectivity index (χ1v) is 5.11. The van der Waals surface area contributed by atoms with E-state index in [-0.39, 0.29) is 0 Å². The van der Waals surface area contributed by atoms with E-state index in [0.29, 0.717) is 17.8 Å². The molecule has 1 N–H and O–H groups in total. The van der Waals surface area contributed by atoms with Crippen molar-refractivity contribution in [2.24, 2.45) is 0 Å². The molecular formula is C8H10FNO2S2. The molecule has 0 aliphatic heterocycles. The van der Waals surface area contributed by atoms with E-state index in [4.69, 9.17) is 4.74 Å². The molecule has 3 nitrogen and oxygen atoms in total. The number of hydrogen-bond acceptors (Lipinski definition) is 4. The first-order valence-electron chi connectivity index (χ1n) is 3.51. The smallest absolute Gasteiger partial charge is 0.211 e. The Kier molecular flexibility index (Phi) is 7.04. The Morgan fingerprint density at radius 1 is 1.50 bits per heavy atom. The molecule has 0 fully saturated rings. The second-order valence-electron chi connectivity index (χ2n) is 2.11. The largest absolute Gasteiger partial charge is 0.494 e. The number of ether oxygens (including phenoxy) is 1. The third-order valence-corrected chi connectivity index (χ3v) is 1.38. The number of nitrogens with one attached hydrogen (secondary N) is 1. The van der Waals surface area contributed by atoms with Gasteiger partial charge in [-0.25, -0.2) is 4.39 Å². The average molecular weight is 235 g/mol. The lowest BCUT2D eigenvalue weighted by Crippen LogP contribution is -1.97. The fourth-order valence-corrected chi connectivity index (χ4v) is 0.848. The van der Waals surface area contributed by atoms with Crippen molar-refractivity contribution >= 4 is 35.4 Å². The van der Waals surface area contributed by atoms with Gasteiger partial charge in [-0.3, -0.25) is 4.79 Å². The van der Waals surface area contributed by atoms with Gasteiger partial charge in [0.2, 0.25) is 6.41 Å². The average Bonchev–Trinajstić information content (AvgIpc) is 2.24. The lowest BCUT2D eigenvalue weighted by atomic mass is 10.3. The van der Waals surface area contributed by atoms with E-state index in [0.717, 1.165) is 0 Å². The highest BCUT2D eigenvalue weighted by Crippen LogP contribution is 2.23. The summed E-state index contributed by atoms with van der Waals surface area (Å²) in [5.74, 6) is -0.0922. The molecule has 0 atom stereocenters. The fourth-order valence-electron chi connectivity index (χ4n) is 0.848. The number of amides is 1. The molecule has 0 saturated heterocycles. The summed E-state index contributed by atoms with van der Waals surface area (Å²) < 4.78 is 17.4. The Hall–Kier alpha value is -0.880. The van der Waals surface area contributed by atoms with Gasteiger partial charge in [0.1, 0.15) is 11.6 Å². The highest BCUT2D eigenvalue weighted by molar-refractivity contribution is 8.59. The molecule has 0 radical (unpaired) electrons. The van der Waals surface area contributed by atoms with E-state index in [2.05, 4.69) is 28.6 Å². The van der Waals surface area contributed by atoms with Gasteiger partial charge >= 0.3 is 0 Å². The van der Waals surface area contributed by atoms with Crippen molar-refractivity contribution in [1.29, 1.82) is 0 Å². The molecule has 0 aromatic heterocycles. The molecule has 14 heavy (non-hydrogen) atoms. The lowest BCUT2D eigenvalue weighted by molar-refractivity contribution is -0.105. The van der Waals surface area contributed by atoms with E-state index in [1.54, 1.807) is 0 Å². The highest BCUT2D eigenvalue weighted by Gasteiger charge is 2.02. The Labute approximate surface area is 91.9 Å². The van der Waals surface area contributed by atoms with Gasteiger partial charge in [-0.2, -0.15) is 0 Å². The zero-order chi connectivity index (χ0) is 11.0. The van der Waals surface area contributed by atoms with Gasteiger partial charge < -0.3 is 10.1 Å². The topological polar surface area (TPSA) is 38.3 Å². The van der Waals surface area contributed by atoms with Crippen molar-refractivity contribution < 1.29 is 13.9 Å². The van der Waals surface area contributed by atoms with Crippen molar-refractivity contribution in [1.82, 2.24) is 0 Å². The SMILES string of the molecule is COc1cc(F)ccc1NC=O.SS. The van der Waals surface area contributed by atoms with Crippen molar-refractivity contribution in [3.63, 3.8) is 0 Å². The molecule has 0 aliphatic rings. The first-order chi connectivity index (χ1) is 6.77. The monoisotopic (exact) mass is 235 g/mol. The number of anilines is 1. The molecular weight excluding hydrogens is 225 g/mol. The number of methoxy groups -OCH3 is 1. The number of thiol groups is 2. The van der Waals surface area contributed by atoms with Gasteiger partial charge in [0, 0.05) is 6.07 Å². The number of carbonyl (C=O) groups is 1. The van der Waals surface area contributed by atoms with Crippen LogP contribution in [0.1, 0.15) is 0 Å². The molecule has 0 spiro atoms. The molecule has 0 unspecified atom stereocenters. The zero-order valence-electron chi connectivity index (χ0n) is 7.40. The fraction of sp³-hybridized carbons (Fsp3) is 0.125. The van der Waals surface area contributed by atoms with Crippen LogP contribution >= 0.6 is 23.3 Å². The summed E-state index contributed by atoms with van der Waals surface area (Å²) in [6.07, 6.45) is 0.510. The molecule has 0 bridgehead atoms. The maximum Gasteiger partial charge on any atom is 0.211 e. The first kappa shape index (κ1) is 13.1. The van der Waals surface area contributed by atoms with Gasteiger partial charge in [0.15, 0.2) is 0 Å². The third kappa shape index (κ3) is 3.89. The molecule has 1 aromatic carbocycles. The van der Waals surface area contributed by atoms with Gasteiger partial charge in [-0.1, -0.05) is 0 Å². The second-order valence-corrected chi connectivity index (χ2v) is 2.11. The number of rotatable bonds is 3. The summed E-state index contributed by atoms with van der Waals surface area (Å²) in [5.41, 5.74) is 0.453. The van der Waals surface area contributed by atoms with E-state index in [1.165, 1.54) is 25.3 Å². The van der Waals surface area contributed by atoms with Crippen LogP contribution in [0.3, 0.4) is 0 Å². The second kappa shape index (κ2) is 7.52. The van der Waals surface area contributed by atoms with Gasteiger partial charge in [-0.05, 0) is 12.1 Å². The van der Waals surface area contributed by atoms with Crippen LogP contribution in [0.5, 0.6) is 5.75 Å². The van der Waals surface area contributed by atoms with Crippen LogP contribution in [-0.4, -0.2) is 13.5 Å². The Morgan fingerprint density at radius 3 is 2.64 bits per heavy atom. The van der Waals surface area contributed by atoms with Crippen LogP contribution in [0.15, 0.2) is 18.2 Å². The molecule has 1 rings (SSSR count). The Morgan fingerprint density at radius 2 is 2.14 bits per heavy atom. The van der Waals surface area contributed by atoms with E-state index in [1.807, 2.05) is 0 Å². The molecule has 0 heterocycles. The van der Waals surface area contributed by atoms with Gasteiger partial charge in [0.05, 0.1) is 12.8 Å². The third-order valence-electron chi connectivity index (χ3n) is 1.38. The highest BCUT2D eigenvalue weighted by atomic mass is 33.1. The summed E-state index contributed by atoms with van der Waals surface area (Å²) in [4.78, 5) is 10.1. The molecule has 6 heteroatoms. The maximum atomic E-state index is 12.6. The van der Waals surface area contributed by atoms with Gasteiger partial charge in [0.25, 0.3) is 0 Å². The number of halogens is 1. The van der Waals surface area contributed by atoms with Gasteiger partial charge in [-0.15, -0.1) is 23.3 Å². The van der Waals surface area contributed by atoms with Crippen LogP contribution in [-0.2, 0) is 4.79 Å². The predicted octanol–water partition coefficient (Wildman–Crippen LogP) is 2.16. The van der Waals surface area contributed by atoms with Crippen LogP contribution in [0.4, 0.5) is 10.1 Å². The summed E-state index contributed by atoms with van der Waals surface area (Å²) >= 11 is 6.44. The van der Waals surface area contributed by atoms with E-state index in [9.17, 15) is 9.18 Å². The van der Waals surface area contributed by atoms with E-state index >= 15 is 0 Å². The van der Waals surface area contributed by atoms with Crippen molar-refractivity contribution in [3.8, 4) is 5.75 Å². The molecule has 0 aliphatic carbocycles. The summed E-state index contributed by atoms with van der Waals surface area (Å²) in [6, 6.07) is 3.88. The van der Waals surface area contributed by atoms with Crippen LogP contribution < -0.4 is 10.1 Å². The minimum Gasteiger partial charge on any atom is -0.494 e. The van der Waals surface area contributed by atoms with Crippen molar-refractivity contribution in [2.45, 2.75) is 0 Å². The normalized spacial score (nSPS) is 8.29. The minimum absolute atomic E-state index is 0.308. The molecule has 0 saturated carbocycles. The van der Waals surface area contributed by atoms with Crippen molar-refractivity contribution in [3.05, 3.63) is 24.0 Å². The number of benzene rings is 1. The molecule has 1 amide bonds. The lowest BCUT2D eigenvalue weighted by Gasteiger charge is -2.05. The molecule has 1 aromatic rings. The van der Waals surface area contributed by atoms with Crippen LogP contribution in [0, 0.1) is 5.82 Å². The number of hydrogen-bond donors (Lipinski definition) is 3. The Bertz CT molecular complexity index is 297. The molecule has 78 valence electrons. The maximum absolute atomic E-state index is 12.6. The standard InChI is InChI=1S/C8H8FNO2.H2S2/c1-12-8-4-6(9)2-3-7(8)10-5-11;1-2/h2-5H,1H3,(H,10,11);1-2H. The Balaban J connectivity index is 0.000000791. The quantitative estimate of drug-likeness (QED) is 0.427. The summed E-state index contributed by atoms with van der Waals surface area (Å²) in [6.45, 7) is 0. The minimum atomic E-state index is -0.400. The van der Waals surface area contributed by atoms with Crippen LogP contribution in [0.25, 0.3) is 0 Å². The van der Waals surface area contributed by atoms with E-state index < -0.39 is 5.82 Å². The van der Waals surface area contributed by atoms with Crippen molar-refractivity contribution in [2.75, 3.05) is 12.4 Å². The zero-order valence-corrected chi connectivity index (χ0v) is 9.19. The summed E-state index contributed by atoms with van der Waals surface area (Å²) in [5, 5.41) is 2.38. The van der Waals surface area contributed by atoms with Crippen LogP contribution in [0.2, 0.25) is 0 Å². The summed E-state index contributed by atoms with van der Waals surface area (Å²) in [7, 11) is 1.41.